The molecule has 0 aliphatic carbocycles. The number of piperidine rings is 1. The van der Waals surface area contributed by atoms with E-state index in [9.17, 15) is 4.79 Å². The zero-order chi connectivity index (χ0) is 15.4. The second-order valence-electron chi connectivity index (χ2n) is 6.16. The summed E-state index contributed by atoms with van der Waals surface area (Å²) in [6.45, 7) is 6.69. The zero-order valence-corrected chi connectivity index (χ0v) is 13.1. The van der Waals surface area contributed by atoms with Gasteiger partial charge in [0.2, 0.25) is 5.91 Å². The second-order valence-corrected chi connectivity index (χ2v) is 6.16. The topological polar surface area (TPSA) is 50.8 Å². The van der Waals surface area contributed by atoms with Gasteiger partial charge in [-0.05, 0) is 43.0 Å². The number of ether oxygens (including phenoxy) is 2. The summed E-state index contributed by atoms with van der Waals surface area (Å²) < 4.78 is 11.2. The Bertz CT molecular complexity index is 533. The van der Waals surface area contributed by atoms with Crippen molar-refractivity contribution in [3.8, 4) is 11.5 Å². The average Bonchev–Trinajstić information content (AvgIpc) is 2.53. The normalized spacial score (nSPS) is 21.4. The number of likely N-dealkylation sites (tertiary alicyclic amines) is 1. The van der Waals surface area contributed by atoms with Crippen molar-refractivity contribution in [1.82, 2.24) is 10.2 Å². The van der Waals surface area contributed by atoms with Crippen molar-refractivity contribution in [2.75, 3.05) is 32.8 Å². The molecule has 5 nitrogen and oxygen atoms in total. The Labute approximate surface area is 131 Å². The molecule has 0 radical (unpaired) electrons. The summed E-state index contributed by atoms with van der Waals surface area (Å²) in [5, 5.41) is 2.94. The molecule has 1 aromatic rings. The van der Waals surface area contributed by atoms with E-state index in [2.05, 4.69) is 22.3 Å². The molecule has 2 aliphatic heterocycles. The van der Waals surface area contributed by atoms with Crippen molar-refractivity contribution >= 4 is 5.91 Å². The molecule has 5 heteroatoms. The number of benzene rings is 1. The standard InChI is InChI=1S/C17H24N2O3/c1-13(20)18-10-15-3-2-6-19(12-15)11-14-4-5-16-17(9-14)22-8-7-21-16/h4-5,9,15H,2-3,6-8,10-12H2,1H3,(H,18,20). The molecule has 0 saturated carbocycles. The number of hydrogen-bond acceptors (Lipinski definition) is 4. The SMILES string of the molecule is CC(=O)NCC1CCCN(Cc2ccc3c(c2)OCCO3)C1. The molecule has 0 spiro atoms. The van der Waals surface area contributed by atoms with E-state index in [-0.39, 0.29) is 5.91 Å². The van der Waals surface area contributed by atoms with Gasteiger partial charge in [-0.15, -0.1) is 0 Å². The molecule has 2 aliphatic rings. The summed E-state index contributed by atoms with van der Waals surface area (Å²) in [6.07, 6.45) is 2.38. The van der Waals surface area contributed by atoms with E-state index in [4.69, 9.17) is 9.47 Å². The van der Waals surface area contributed by atoms with Crippen LogP contribution in [0, 0.1) is 5.92 Å². The highest BCUT2D eigenvalue weighted by Gasteiger charge is 2.21. The van der Waals surface area contributed by atoms with Gasteiger partial charge in [-0.2, -0.15) is 0 Å². The van der Waals surface area contributed by atoms with Crippen LogP contribution in [0.3, 0.4) is 0 Å². The van der Waals surface area contributed by atoms with E-state index in [0.717, 1.165) is 37.7 Å². The van der Waals surface area contributed by atoms with E-state index in [1.807, 2.05) is 6.07 Å². The van der Waals surface area contributed by atoms with Gasteiger partial charge in [0.15, 0.2) is 11.5 Å². The van der Waals surface area contributed by atoms with Crippen LogP contribution in [0.2, 0.25) is 0 Å². The van der Waals surface area contributed by atoms with Gasteiger partial charge in [0.05, 0.1) is 0 Å². The van der Waals surface area contributed by atoms with Gasteiger partial charge < -0.3 is 14.8 Å². The number of carbonyl (C=O) groups is 1. The average molecular weight is 304 g/mol. The van der Waals surface area contributed by atoms with Crippen LogP contribution in [0.4, 0.5) is 0 Å². The molecule has 1 aromatic carbocycles. The number of fused-ring (bicyclic) bond motifs is 1. The molecule has 1 fully saturated rings. The molecule has 1 unspecified atom stereocenters. The van der Waals surface area contributed by atoms with Crippen molar-refractivity contribution in [2.45, 2.75) is 26.3 Å². The predicted octanol–water partition coefficient (Wildman–Crippen LogP) is 1.81. The quantitative estimate of drug-likeness (QED) is 0.921. The first-order valence-electron chi connectivity index (χ1n) is 8.06. The van der Waals surface area contributed by atoms with Crippen molar-refractivity contribution in [3.63, 3.8) is 0 Å². The molecule has 1 saturated heterocycles. The fourth-order valence-corrected chi connectivity index (χ4v) is 3.19. The van der Waals surface area contributed by atoms with Crippen molar-refractivity contribution in [3.05, 3.63) is 23.8 Å². The van der Waals surface area contributed by atoms with Gasteiger partial charge in [0.1, 0.15) is 13.2 Å². The number of rotatable bonds is 4. The minimum absolute atomic E-state index is 0.0592. The van der Waals surface area contributed by atoms with Gasteiger partial charge in [-0.1, -0.05) is 6.07 Å². The summed E-state index contributed by atoms with van der Waals surface area (Å²) in [5.74, 6) is 2.31. The third kappa shape index (κ3) is 3.91. The van der Waals surface area contributed by atoms with Crippen LogP contribution in [0.15, 0.2) is 18.2 Å². The molecular weight excluding hydrogens is 280 g/mol. The maximum atomic E-state index is 11.0. The maximum absolute atomic E-state index is 11.0. The zero-order valence-electron chi connectivity index (χ0n) is 13.1. The van der Waals surface area contributed by atoms with E-state index < -0.39 is 0 Å². The van der Waals surface area contributed by atoms with Gasteiger partial charge >= 0.3 is 0 Å². The van der Waals surface area contributed by atoms with Gasteiger partial charge in [-0.3, -0.25) is 9.69 Å². The summed E-state index contributed by atoms with van der Waals surface area (Å²) in [5.41, 5.74) is 1.25. The highest BCUT2D eigenvalue weighted by molar-refractivity contribution is 5.72. The minimum Gasteiger partial charge on any atom is -0.486 e. The van der Waals surface area contributed by atoms with Gasteiger partial charge in [0.25, 0.3) is 0 Å². The Kier molecular flexibility index (Phi) is 4.83. The molecular formula is C17H24N2O3. The largest absolute Gasteiger partial charge is 0.486 e. The Morgan fingerprint density at radius 3 is 2.95 bits per heavy atom. The third-order valence-electron chi connectivity index (χ3n) is 4.26. The molecule has 0 aromatic heterocycles. The molecule has 1 N–H and O–H groups in total. The molecule has 22 heavy (non-hydrogen) atoms. The lowest BCUT2D eigenvalue weighted by Crippen LogP contribution is -2.40. The fourth-order valence-electron chi connectivity index (χ4n) is 3.19. The Morgan fingerprint density at radius 1 is 1.32 bits per heavy atom. The first-order valence-corrected chi connectivity index (χ1v) is 8.06. The lowest BCUT2D eigenvalue weighted by molar-refractivity contribution is -0.119. The van der Waals surface area contributed by atoms with E-state index in [0.29, 0.717) is 19.1 Å². The van der Waals surface area contributed by atoms with Crippen LogP contribution in [0.1, 0.15) is 25.3 Å². The lowest BCUT2D eigenvalue weighted by Gasteiger charge is -2.33. The molecule has 0 bridgehead atoms. The molecule has 3 rings (SSSR count). The Hall–Kier alpha value is -1.75. The fraction of sp³-hybridized carbons (Fsp3) is 0.588. The minimum atomic E-state index is 0.0592. The lowest BCUT2D eigenvalue weighted by atomic mass is 9.97. The summed E-state index contributed by atoms with van der Waals surface area (Å²) in [7, 11) is 0. The van der Waals surface area contributed by atoms with Crippen LogP contribution < -0.4 is 14.8 Å². The number of nitrogens with one attached hydrogen (secondary N) is 1. The van der Waals surface area contributed by atoms with Crippen LogP contribution in [0.25, 0.3) is 0 Å². The van der Waals surface area contributed by atoms with Gasteiger partial charge in [-0.25, -0.2) is 0 Å². The number of amides is 1. The van der Waals surface area contributed by atoms with Crippen LogP contribution in [-0.4, -0.2) is 43.7 Å². The smallest absolute Gasteiger partial charge is 0.216 e. The first kappa shape index (κ1) is 15.2. The molecule has 1 amide bonds. The number of nitrogens with zero attached hydrogens (tertiary/aromatic N) is 1. The summed E-state index contributed by atoms with van der Waals surface area (Å²) in [4.78, 5) is 13.5. The van der Waals surface area contributed by atoms with E-state index in [1.165, 1.54) is 18.4 Å². The number of hydrogen-bond donors (Lipinski definition) is 1. The van der Waals surface area contributed by atoms with E-state index in [1.54, 1.807) is 6.92 Å². The predicted molar refractivity (Wildman–Crippen MR) is 84.1 cm³/mol. The molecule has 2 heterocycles. The van der Waals surface area contributed by atoms with Crippen molar-refractivity contribution in [1.29, 1.82) is 0 Å². The summed E-state index contributed by atoms with van der Waals surface area (Å²) in [6, 6.07) is 6.21. The van der Waals surface area contributed by atoms with Crippen molar-refractivity contribution < 1.29 is 14.3 Å². The van der Waals surface area contributed by atoms with Crippen LogP contribution in [0.5, 0.6) is 11.5 Å². The van der Waals surface area contributed by atoms with Gasteiger partial charge in [0, 0.05) is 26.6 Å². The number of carbonyl (C=O) groups excluding carboxylic acids is 1. The van der Waals surface area contributed by atoms with Crippen LogP contribution in [-0.2, 0) is 11.3 Å². The van der Waals surface area contributed by atoms with Crippen molar-refractivity contribution in [2.24, 2.45) is 5.92 Å². The monoisotopic (exact) mass is 304 g/mol. The molecule has 120 valence electrons. The Morgan fingerprint density at radius 2 is 2.14 bits per heavy atom. The highest BCUT2D eigenvalue weighted by atomic mass is 16.6. The molecule has 1 atom stereocenters. The maximum Gasteiger partial charge on any atom is 0.216 e. The Balaban J connectivity index is 1.57. The van der Waals surface area contributed by atoms with E-state index >= 15 is 0 Å². The van der Waals surface area contributed by atoms with Crippen LogP contribution >= 0.6 is 0 Å². The first-order chi connectivity index (χ1) is 10.7. The third-order valence-corrected chi connectivity index (χ3v) is 4.26. The highest BCUT2D eigenvalue weighted by Crippen LogP contribution is 2.31. The summed E-state index contributed by atoms with van der Waals surface area (Å²) >= 11 is 0. The second kappa shape index (κ2) is 7.01.